The van der Waals surface area contributed by atoms with Crippen LogP contribution in [-0.4, -0.2) is 86.3 Å². The minimum Gasteiger partial charge on any atom is -0.390 e. The van der Waals surface area contributed by atoms with Crippen LogP contribution >= 0.6 is 11.6 Å². The normalized spacial score (nSPS) is 18.3. The molecule has 0 unspecified atom stereocenters. The van der Waals surface area contributed by atoms with Gasteiger partial charge in [-0.15, -0.1) is 0 Å². The Morgan fingerprint density at radius 1 is 1.14 bits per heavy atom. The maximum atomic E-state index is 13.9. The van der Waals surface area contributed by atoms with Crippen molar-refractivity contribution in [2.45, 2.75) is 51.1 Å². The second-order valence-electron chi connectivity index (χ2n) is 11.5. The van der Waals surface area contributed by atoms with Gasteiger partial charge in [-0.2, -0.15) is 13.2 Å². The summed E-state index contributed by atoms with van der Waals surface area (Å²) in [5.74, 6) is 0.217. The number of alkyl halides is 3. The van der Waals surface area contributed by atoms with Crippen molar-refractivity contribution >= 4 is 27.6 Å². The number of hydrogen-bond acceptors (Lipinski definition) is 8. The van der Waals surface area contributed by atoms with E-state index in [1.54, 1.807) is 10.6 Å². The van der Waals surface area contributed by atoms with Gasteiger partial charge in [-0.1, -0.05) is 17.7 Å². The minimum absolute atomic E-state index is 0.00180. The number of anilines is 1. The summed E-state index contributed by atoms with van der Waals surface area (Å²) in [5, 5.41) is 13.6. The van der Waals surface area contributed by atoms with E-state index in [0.717, 1.165) is 31.1 Å². The fourth-order valence-corrected chi connectivity index (χ4v) is 6.38. The van der Waals surface area contributed by atoms with Crippen molar-refractivity contribution in [3.05, 3.63) is 53.1 Å². The summed E-state index contributed by atoms with van der Waals surface area (Å²) < 4.78 is 68.2. The van der Waals surface area contributed by atoms with E-state index in [4.69, 9.17) is 11.6 Å². The molecule has 0 atom stereocenters. The molecule has 0 aliphatic carbocycles. The fourth-order valence-electron chi connectivity index (χ4n) is 5.21. The first kappa shape index (κ1) is 30.7. The predicted molar refractivity (Wildman–Crippen MR) is 153 cm³/mol. The molecule has 2 N–H and O–H groups in total. The van der Waals surface area contributed by atoms with E-state index in [1.165, 1.54) is 16.8 Å². The van der Waals surface area contributed by atoms with E-state index in [1.807, 2.05) is 26.0 Å². The average Bonchev–Trinajstić information content (AvgIpc) is 3.34. The first-order valence-electron chi connectivity index (χ1n) is 13.5. The van der Waals surface area contributed by atoms with Gasteiger partial charge >= 0.3 is 6.18 Å². The molecule has 228 valence electrons. The molecule has 15 heteroatoms. The molecule has 2 fully saturated rings. The number of piperidine rings is 1. The van der Waals surface area contributed by atoms with Crippen molar-refractivity contribution < 1.29 is 26.7 Å². The van der Waals surface area contributed by atoms with Crippen LogP contribution in [0.1, 0.15) is 37.8 Å². The Morgan fingerprint density at radius 3 is 2.43 bits per heavy atom. The molecule has 42 heavy (non-hydrogen) atoms. The van der Waals surface area contributed by atoms with Gasteiger partial charge in [0.05, 0.1) is 22.6 Å². The predicted octanol–water partition coefficient (Wildman–Crippen LogP) is 4.04. The first-order chi connectivity index (χ1) is 19.6. The minimum atomic E-state index is -4.71. The number of aromatic nitrogens is 4. The second-order valence-corrected chi connectivity index (χ2v) is 13.9. The number of benzene rings is 1. The summed E-state index contributed by atoms with van der Waals surface area (Å²) in [6.07, 6.45) is 0.927. The highest BCUT2D eigenvalue weighted by Crippen LogP contribution is 2.36. The quantitative estimate of drug-likeness (QED) is 0.385. The highest BCUT2D eigenvalue weighted by molar-refractivity contribution is 7.88. The zero-order valence-corrected chi connectivity index (χ0v) is 25.0. The molecule has 0 saturated carbocycles. The highest BCUT2D eigenvalue weighted by atomic mass is 35.5. The fraction of sp³-hybridized carbons (Fsp3) is 0.519. The van der Waals surface area contributed by atoms with E-state index in [9.17, 15) is 26.7 Å². The number of rotatable bonds is 8. The lowest BCUT2D eigenvalue weighted by molar-refractivity contribution is -0.137. The van der Waals surface area contributed by atoms with Gasteiger partial charge in [0, 0.05) is 57.1 Å². The number of halogens is 4. The van der Waals surface area contributed by atoms with E-state index >= 15 is 0 Å². The molecular weight excluding hydrogens is 595 g/mol. The summed E-state index contributed by atoms with van der Waals surface area (Å²) in [6.45, 7) is 6.45. The molecule has 2 aliphatic rings. The largest absolute Gasteiger partial charge is 0.420 e. The number of nitrogens with one attached hydrogen (secondary N) is 1. The van der Waals surface area contributed by atoms with Crippen LogP contribution in [0.25, 0.3) is 17.1 Å². The molecular formula is C27H33ClF3N7O3S. The highest BCUT2D eigenvalue weighted by Gasteiger charge is 2.38. The van der Waals surface area contributed by atoms with Gasteiger partial charge in [0.15, 0.2) is 0 Å². The molecule has 0 amide bonds. The van der Waals surface area contributed by atoms with E-state index in [2.05, 4.69) is 25.2 Å². The maximum Gasteiger partial charge on any atom is 0.420 e. The van der Waals surface area contributed by atoms with Crippen molar-refractivity contribution in [2.24, 2.45) is 5.92 Å². The summed E-state index contributed by atoms with van der Waals surface area (Å²) in [4.78, 5) is 14.5. The third-order valence-corrected chi connectivity index (χ3v) is 9.43. The van der Waals surface area contributed by atoms with Crippen molar-refractivity contribution in [1.82, 2.24) is 28.7 Å². The van der Waals surface area contributed by atoms with Crippen LogP contribution in [0.5, 0.6) is 0 Å². The zero-order chi connectivity index (χ0) is 30.4. The zero-order valence-electron chi connectivity index (χ0n) is 23.4. The molecule has 1 aromatic carbocycles. The molecule has 5 rings (SSSR count). The average molecular weight is 628 g/mol. The Bertz CT molecular complexity index is 1540. The summed E-state index contributed by atoms with van der Waals surface area (Å²) >= 11 is 6.58. The Hall–Kier alpha value is -2.78. The number of sulfonamides is 1. The lowest BCUT2D eigenvalue weighted by atomic mass is 9.84. The standard InChI is InChI=1S/C27H33ClF3N7O3S/c1-26(2,39)18-13-36(14-18)12-17-4-5-23(21(28)10-17)37-15-22(33-16-37)24-20(27(29,30)31)11-32-25(35-24)34-19-6-8-38(9-7-19)42(3,40)41/h4-5,10-11,15-16,18-19,39H,6-9,12-14H2,1-3H3,(H,32,34,35). The van der Waals surface area contributed by atoms with Crippen LogP contribution in [0.4, 0.5) is 19.1 Å². The Labute approximate surface area is 247 Å². The van der Waals surface area contributed by atoms with Crippen LogP contribution in [0, 0.1) is 5.92 Å². The topological polar surface area (TPSA) is 116 Å². The molecule has 2 aromatic heterocycles. The molecule has 2 saturated heterocycles. The number of nitrogens with zero attached hydrogens (tertiary/aromatic N) is 6. The number of hydrogen-bond donors (Lipinski definition) is 2. The van der Waals surface area contributed by atoms with Crippen LogP contribution in [-0.2, 0) is 22.7 Å². The van der Waals surface area contributed by atoms with Crippen molar-refractivity contribution in [3.63, 3.8) is 0 Å². The molecule has 3 aromatic rings. The van der Waals surface area contributed by atoms with Crippen LogP contribution < -0.4 is 5.32 Å². The Balaban J connectivity index is 1.32. The number of aliphatic hydroxyl groups is 1. The van der Waals surface area contributed by atoms with E-state index in [0.29, 0.717) is 43.2 Å². The van der Waals surface area contributed by atoms with Crippen LogP contribution in [0.3, 0.4) is 0 Å². The Kier molecular flexibility index (Phi) is 8.31. The summed E-state index contributed by atoms with van der Waals surface area (Å²) in [6, 6.07) is 5.31. The van der Waals surface area contributed by atoms with Gasteiger partial charge in [0.2, 0.25) is 16.0 Å². The molecule has 0 bridgehead atoms. The lowest BCUT2D eigenvalue weighted by Crippen LogP contribution is -2.55. The van der Waals surface area contributed by atoms with Crippen LogP contribution in [0.15, 0.2) is 36.9 Å². The molecule has 0 radical (unpaired) electrons. The molecule has 10 nitrogen and oxygen atoms in total. The first-order valence-corrected chi connectivity index (χ1v) is 15.7. The maximum absolute atomic E-state index is 13.9. The van der Waals surface area contributed by atoms with Gasteiger partial charge in [0.25, 0.3) is 0 Å². The van der Waals surface area contributed by atoms with Crippen molar-refractivity contribution in [3.8, 4) is 17.1 Å². The molecule has 2 aliphatic heterocycles. The number of likely N-dealkylation sites (tertiary alicyclic amines) is 1. The van der Waals surface area contributed by atoms with Gasteiger partial charge in [-0.25, -0.2) is 27.7 Å². The lowest BCUT2D eigenvalue weighted by Gasteiger charge is -2.45. The third kappa shape index (κ3) is 6.88. The monoisotopic (exact) mass is 627 g/mol. The Morgan fingerprint density at radius 2 is 1.83 bits per heavy atom. The van der Waals surface area contributed by atoms with Gasteiger partial charge in [0.1, 0.15) is 23.3 Å². The molecule has 4 heterocycles. The molecule has 0 spiro atoms. The smallest absolute Gasteiger partial charge is 0.390 e. The SMILES string of the molecule is CC(C)(O)C1CN(Cc2ccc(-n3cnc(-c4nc(NC5CCN(S(C)(=O)=O)CC5)ncc4C(F)(F)F)c3)c(Cl)c2)C1. The summed E-state index contributed by atoms with van der Waals surface area (Å²) in [7, 11) is -3.31. The third-order valence-electron chi connectivity index (χ3n) is 7.83. The summed E-state index contributed by atoms with van der Waals surface area (Å²) in [5.41, 5.74) is -0.591. The van der Waals surface area contributed by atoms with Crippen molar-refractivity contribution in [2.75, 3.05) is 37.8 Å². The van der Waals surface area contributed by atoms with E-state index in [-0.39, 0.29) is 29.3 Å². The second kappa shape index (κ2) is 11.4. The van der Waals surface area contributed by atoms with Gasteiger partial charge in [-0.3, -0.25) is 4.90 Å². The van der Waals surface area contributed by atoms with Gasteiger partial charge < -0.3 is 15.0 Å². The number of imidazole rings is 1. The van der Waals surface area contributed by atoms with Gasteiger partial charge in [-0.05, 0) is 44.4 Å². The van der Waals surface area contributed by atoms with E-state index < -0.39 is 27.4 Å². The van der Waals surface area contributed by atoms with Crippen molar-refractivity contribution in [1.29, 1.82) is 0 Å². The van der Waals surface area contributed by atoms with Crippen LogP contribution in [0.2, 0.25) is 5.02 Å².